The highest BCUT2D eigenvalue weighted by Gasteiger charge is 2.16. The summed E-state index contributed by atoms with van der Waals surface area (Å²) < 4.78 is 1.86. The van der Waals surface area contributed by atoms with E-state index in [-0.39, 0.29) is 24.1 Å². The van der Waals surface area contributed by atoms with Crippen LogP contribution in [0.15, 0.2) is 83.8 Å². The summed E-state index contributed by atoms with van der Waals surface area (Å²) in [6, 6.07) is 22.5. The molecule has 0 aliphatic rings. The van der Waals surface area contributed by atoms with E-state index in [4.69, 9.17) is 16.7 Å². The van der Waals surface area contributed by atoms with Crippen molar-refractivity contribution in [3.05, 3.63) is 111 Å². The number of fused-ring (bicyclic) bond motifs is 1. The van der Waals surface area contributed by atoms with E-state index in [0.29, 0.717) is 23.3 Å². The monoisotopic (exact) mass is 446 g/mol. The van der Waals surface area contributed by atoms with Gasteiger partial charge in [-0.3, -0.25) is 9.59 Å². The third-order valence-electron chi connectivity index (χ3n) is 5.34. The number of benzene rings is 3. The lowest BCUT2D eigenvalue weighted by Gasteiger charge is -2.15. The molecule has 0 atom stereocenters. The molecule has 0 aliphatic carbocycles. The van der Waals surface area contributed by atoms with Crippen LogP contribution < -0.4 is 10.7 Å². The molecule has 4 aromatic rings. The van der Waals surface area contributed by atoms with Crippen molar-refractivity contribution in [2.45, 2.75) is 19.4 Å². The zero-order valence-corrected chi connectivity index (χ0v) is 18.2. The molecule has 0 saturated carbocycles. The molecule has 6 heteroatoms. The van der Waals surface area contributed by atoms with Crippen molar-refractivity contribution >= 4 is 28.4 Å². The van der Waals surface area contributed by atoms with Crippen molar-refractivity contribution in [3.8, 4) is 5.69 Å². The van der Waals surface area contributed by atoms with Gasteiger partial charge in [-0.1, -0.05) is 48.0 Å². The molecule has 32 heavy (non-hydrogen) atoms. The summed E-state index contributed by atoms with van der Waals surface area (Å²) in [7, 11) is 0. The number of nitrogens with one attached hydrogen (secondary N) is 1. The van der Waals surface area contributed by atoms with Crippen molar-refractivity contribution in [2.24, 2.45) is 0 Å². The van der Waals surface area contributed by atoms with E-state index in [0.717, 1.165) is 22.3 Å². The van der Waals surface area contributed by atoms with Crippen LogP contribution in [0.3, 0.4) is 0 Å². The molecule has 0 fully saturated rings. The van der Waals surface area contributed by atoms with Crippen LogP contribution in [0.2, 0.25) is 5.02 Å². The summed E-state index contributed by atoms with van der Waals surface area (Å²) in [5, 5.41) is 13.1. The number of para-hydroxylation sites is 1. The summed E-state index contributed by atoms with van der Waals surface area (Å²) in [5.41, 5.74) is 3.18. The Morgan fingerprint density at radius 1 is 0.969 bits per heavy atom. The minimum Gasteiger partial charge on any atom is -0.396 e. The van der Waals surface area contributed by atoms with E-state index in [1.165, 1.54) is 0 Å². The van der Waals surface area contributed by atoms with Gasteiger partial charge < -0.3 is 15.0 Å². The minimum absolute atomic E-state index is 0.0784. The molecule has 1 amide bonds. The van der Waals surface area contributed by atoms with Gasteiger partial charge in [-0.2, -0.15) is 0 Å². The first kappa shape index (κ1) is 21.8. The number of nitrogens with zero attached hydrogens (tertiary/aromatic N) is 1. The third kappa shape index (κ3) is 4.74. The van der Waals surface area contributed by atoms with Crippen molar-refractivity contribution < 1.29 is 9.90 Å². The highest BCUT2D eigenvalue weighted by Crippen LogP contribution is 2.20. The second kappa shape index (κ2) is 9.81. The average molecular weight is 447 g/mol. The van der Waals surface area contributed by atoms with Crippen LogP contribution in [0.5, 0.6) is 0 Å². The van der Waals surface area contributed by atoms with Gasteiger partial charge in [-0.15, -0.1) is 0 Å². The number of aryl methyl sites for hydroxylation is 1. The Hall–Kier alpha value is -3.41. The molecular formula is C26H23ClN2O3. The second-order valence-electron chi connectivity index (χ2n) is 7.57. The summed E-state index contributed by atoms with van der Waals surface area (Å²) in [5.74, 6) is -0.433. The summed E-state index contributed by atoms with van der Waals surface area (Å²) in [6.45, 7) is 0.370. The Morgan fingerprint density at radius 3 is 2.41 bits per heavy atom. The van der Waals surface area contributed by atoms with Crippen LogP contribution in [-0.4, -0.2) is 22.2 Å². The molecule has 0 aliphatic heterocycles. The van der Waals surface area contributed by atoms with E-state index < -0.39 is 5.91 Å². The highest BCUT2D eigenvalue weighted by molar-refractivity contribution is 6.30. The van der Waals surface area contributed by atoms with Crippen molar-refractivity contribution in [2.75, 3.05) is 6.61 Å². The Morgan fingerprint density at radius 2 is 1.69 bits per heavy atom. The van der Waals surface area contributed by atoms with Crippen LogP contribution in [-0.2, 0) is 13.0 Å². The maximum Gasteiger partial charge on any atom is 0.257 e. The van der Waals surface area contributed by atoms with Crippen molar-refractivity contribution in [1.29, 1.82) is 0 Å². The summed E-state index contributed by atoms with van der Waals surface area (Å²) >= 11 is 5.92. The minimum atomic E-state index is -0.433. The number of aliphatic hydroxyl groups excluding tert-OH is 1. The van der Waals surface area contributed by atoms with E-state index >= 15 is 0 Å². The molecule has 0 unspecified atom stereocenters. The Kier molecular flexibility index (Phi) is 6.69. The average Bonchev–Trinajstić information content (AvgIpc) is 2.83. The molecule has 1 heterocycles. The topological polar surface area (TPSA) is 71.3 Å². The van der Waals surface area contributed by atoms with Gasteiger partial charge in [0, 0.05) is 35.4 Å². The molecule has 4 rings (SSSR count). The van der Waals surface area contributed by atoms with Crippen LogP contribution >= 0.6 is 11.6 Å². The fraction of sp³-hybridized carbons (Fsp3) is 0.154. The lowest BCUT2D eigenvalue weighted by molar-refractivity contribution is 0.0949. The molecule has 0 bridgehead atoms. The quantitative estimate of drug-likeness (QED) is 0.439. The van der Waals surface area contributed by atoms with Gasteiger partial charge in [-0.25, -0.2) is 0 Å². The van der Waals surface area contributed by atoms with Crippen LogP contribution in [0.4, 0.5) is 0 Å². The van der Waals surface area contributed by atoms with Gasteiger partial charge in [0.25, 0.3) is 5.91 Å². The van der Waals surface area contributed by atoms with Crippen LogP contribution in [0.1, 0.15) is 27.9 Å². The number of rotatable bonds is 7. The summed E-state index contributed by atoms with van der Waals surface area (Å²) in [6.07, 6.45) is 2.87. The molecule has 1 aromatic heterocycles. The molecule has 2 N–H and O–H groups in total. The van der Waals surface area contributed by atoms with Gasteiger partial charge in [-0.05, 0) is 60.4 Å². The maximum atomic E-state index is 13.3. The van der Waals surface area contributed by atoms with E-state index in [2.05, 4.69) is 5.32 Å². The molecule has 3 aromatic carbocycles. The summed E-state index contributed by atoms with van der Waals surface area (Å²) in [4.78, 5) is 26.3. The van der Waals surface area contributed by atoms with Gasteiger partial charge in [0.2, 0.25) is 5.43 Å². The first-order valence-electron chi connectivity index (χ1n) is 10.4. The number of pyridine rings is 1. The number of carbonyl (C=O) groups excluding carboxylic acids is 1. The third-order valence-corrected chi connectivity index (χ3v) is 5.59. The van der Waals surface area contributed by atoms with Gasteiger partial charge >= 0.3 is 0 Å². The number of aliphatic hydroxyl groups is 1. The number of carbonyl (C=O) groups is 1. The number of hydrogen-bond donors (Lipinski definition) is 2. The maximum absolute atomic E-state index is 13.3. The van der Waals surface area contributed by atoms with E-state index in [9.17, 15) is 9.59 Å². The SMILES string of the molecule is O=C(NCc1ccc(Cl)cc1)c1cn(-c2ccccc2)c2ccc(CCCO)cc2c1=O. The number of hydrogen-bond acceptors (Lipinski definition) is 3. The molecule has 0 spiro atoms. The molecule has 0 radical (unpaired) electrons. The van der Waals surface area contributed by atoms with Crippen molar-refractivity contribution in [1.82, 2.24) is 9.88 Å². The van der Waals surface area contributed by atoms with Gasteiger partial charge in [0.05, 0.1) is 5.52 Å². The first-order chi connectivity index (χ1) is 15.6. The van der Waals surface area contributed by atoms with E-state index in [1.54, 1.807) is 18.3 Å². The smallest absolute Gasteiger partial charge is 0.257 e. The lowest BCUT2D eigenvalue weighted by atomic mass is 10.0. The molecule has 5 nitrogen and oxygen atoms in total. The Labute approximate surface area is 190 Å². The highest BCUT2D eigenvalue weighted by atomic mass is 35.5. The zero-order chi connectivity index (χ0) is 22.5. The lowest BCUT2D eigenvalue weighted by Crippen LogP contribution is -2.29. The Bertz CT molecular complexity index is 1300. The molecular weight excluding hydrogens is 424 g/mol. The van der Waals surface area contributed by atoms with Gasteiger partial charge in [0.15, 0.2) is 0 Å². The van der Waals surface area contributed by atoms with Crippen LogP contribution in [0.25, 0.3) is 16.6 Å². The largest absolute Gasteiger partial charge is 0.396 e. The first-order valence-corrected chi connectivity index (χ1v) is 10.8. The predicted molar refractivity (Wildman–Crippen MR) is 128 cm³/mol. The molecule has 162 valence electrons. The standard InChI is InChI=1S/C26H23ClN2O3/c27-20-11-8-19(9-12-20)16-28-26(32)23-17-29(21-6-2-1-3-7-21)24-13-10-18(5-4-14-30)15-22(24)25(23)31/h1-3,6-13,15,17,30H,4-5,14,16H2,(H,28,32). The fourth-order valence-corrected chi connectivity index (χ4v) is 3.79. The van der Waals surface area contributed by atoms with Crippen molar-refractivity contribution in [3.63, 3.8) is 0 Å². The number of aromatic nitrogens is 1. The fourth-order valence-electron chi connectivity index (χ4n) is 3.66. The number of halogens is 1. The predicted octanol–water partition coefficient (Wildman–Crippen LogP) is 4.50. The van der Waals surface area contributed by atoms with E-state index in [1.807, 2.05) is 65.2 Å². The zero-order valence-electron chi connectivity index (χ0n) is 17.4. The Balaban J connectivity index is 1.76. The normalized spacial score (nSPS) is 10.9. The van der Waals surface area contributed by atoms with Gasteiger partial charge in [0.1, 0.15) is 5.56 Å². The second-order valence-corrected chi connectivity index (χ2v) is 8.00. The number of amides is 1. The van der Waals surface area contributed by atoms with Crippen LogP contribution in [0, 0.1) is 0 Å². The molecule has 0 saturated heterocycles.